The third kappa shape index (κ3) is 8.36. The number of ether oxygens (including phenoxy) is 3. The van der Waals surface area contributed by atoms with Crippen LogP contribution in [0.15, 0.2) is 72.9 Å². The SMILES string of the molecule is CCC=O.CNC1CCN(c2ccc(NC(=O)Nc3cccc(Oc4ccnc5cc(OC)c(OC)cc45)c3)cc2)CC1. The van der Waals surface area contributed by atoms with Crippen LogP contribution in [0.25, 0.3) is 10.9 Å². The van der Waals surface area contributed by atoms with Crippen LogP contribution >= 0.6 is 0 Å². The van der Waals surface area contributed by atoms with Crippen LogP contribution in [0.4, 0.5) is 21.9 Å². The zero-order chi connectivity index (χ0) is 30.6. The Kier molecular flexibility index (Phi) is 11.2. The minimum absolute atomic E-state index is 0.332. The Balaban J connectivity index is 0.000000996. The molecule has 10 nitrogen and oxygen atoms in total. The molecule has 0 radical (unpaired) electrons. The number of urea groups is 1. The first-order valence-corrected chi connectivity index (χ1v) is 14.3. The van der Waals surface area contributed by atoms with E-state index in [1.54, 1.807) is 32.5 Å². The zero-order valence-electron chi connectivity index (χ0n) is 25.1. The van der Waals surface area contributed by atoms with Crippen LogP contribution in [0.3, 0.4) is 0 Å². The molecular weight excluding hydrogens is 546 g/mol. The molecule has 0 spiro atoms. The lowest BCUT2D eigenvalue weighted by Crippen LogP contribution is -2.41. The summed E-state index contributed by atoms with van der Waals surface area (Å²) < 4.78 is 17.0. The van der Waals surface area contributed by atoms with Crippen LogP contribution < -0.4 is 35.1 Å². The number of hydrogen-bond donors (Lipinski definition) is 3. The van der Waals surface area contributed by atoms with E-state index in [1.807, 2.05) is 68.6 Å². The second-order valence-electron chi connectivity index (χ2n) is 9.91. The van der Waals surface area contributed by atoms with Crippen LogP contribution in [-0.2, 0) is 4.79 Å². The van der Waals surface area contributed by atoms with Gasteiger partial charge in [0.1, 0.15) is 17.8 Å². The van der Waals surface area contributed by atoms with Gasteiger partial charge in [-0.3, -0.25) is 4.98 Å². The maximum atomic E-state index is 12.7. The van der Waals surface area contributed by atoms with Crippen molar-refractivity contribution in [2.24, 2.45) is 0 Å². The number of hydrogen-bond acceptors (Lipinski definition) is 8. The molecule has 0 bridgehead atoms. The molecule has 1 aliphatic heterocycles. The summed E-state index contributed by atoms with van der Waals surface area (Å²) in [6, 6.07) is 20.9. The van der Waals surface area contributed by atoms with Crippen LogP contribution in [0, 0.1) is 0 Å². The summed E-state index contributed by atoms with van der Waals surface area (Å²) in [5.41, 5.74) is 3.21. The number of nitrogens with one attached hydrogen (secondary N) is 3. The van der Waals surface area contributed by atoms with Gasteiger partial charge in [0, 0.05) is 66.3 Å². The molecule has 43 heavy (non-hydrogen) atoms. The molecule has 2 amide bonds. The molecule has 1 aliphatic rings. The minimum atomic E-state index is -0.332. The van der Waals surface area contributed by atoms with Crippen molar-refractivity contribution in [1.82, 2.24) is 10.3 Å². The number of rotatable bonds is 9. The van der Waals surface area contributed by atoms with E-state index < -0.39 is 0 Å². The summed E-state index contributed by atoms with van der Waals surface area (Å²) >= 11 is 0. The van der Waals surface area contributed by atoms with Gasteiger partial charge < -0.3 is 39.9 Å². The highest BCUT2D eigenvalue weighted by Gasteiger charge is 2.18. The standard InChI is InChI=1S/C30H33N5O4.C3H6O/c1-31-20-12-15-35(16-13-20)23-9-7-21(8-10-23)33-30(36)34-22-5-4-6-24(17-22)39-27-11-14-32-26-19-29(38-3)28(37-2)18-25(26)27;1-2-3-4/h4-11,14,17-20,31H,12-13,15-16H2,1-3H3,(H2,33,34,36);3H,2H2,1H3. The van der Waals surface area contributed by atoms with Crippen molar-refractivity contribution in [2.45, 2.75) is 32.2 Å². The fraction of sp³-hybridized carbons (Fsp3) is 0.303. The summed E-state index contributed by atoms with van der Waals surface area (Å²) in [7, 11) is 5.19. The topological polar surface area (TPSA) is 114 Å². The highest BCUT2D eigenvalue weighted by molar-refractivity contribution is 6.00. The average molecular weight is 586 g/mol. The van der Waals surface area contributed by atoms with E-state index in [-0.39, 0.29) is 6.03 Å². The lowest BCUT2D eigenvalue weighted by atomic mass is 10.0. The molecule has 1 fully saturated rings. The summed E-state index contributed by atoms with van der Waals surface area (Å²) in [4.78, 5) is 28.7. The lowest BCUT2D eigenvalue weighted by Gasteiger charge is -2.33. The molecule has 1 aromatic heterocycles. The first kappa shape index (κ1) is 31.1. The Bertz CT molecular complexity index is 1500. The number of methoxy groups -OCH3 is 2. The molecule has 0 unspecified atom stereocenters. The number of fused-ring (bicyclic) bond motifs is 1. The second kappa shape index (κ2) is 15.4. The van der Waals surface area contributed by atoms with Crippen molar-refractivity contribution in [3.63, 3.8) is 0 Å². The van der Waals surface area contributed by atoms with E-state index >= 15 is 0 Å². The third-order valence-electron chi connectivity index (χ3n) is 7.09. The van der Waals surface area contributed by atoms with E-state index in [4.69, 9.17) is 14.2 Å². The van der Waals surface area contributed by atoms with Crippen molar-refractivity contribution in [3.8, 4) is 23.0 Å². The molecule has 4 aromatic rings. The van der Waals surface area contributed by atoms with Crippen molar-refractivity contribution >= 4 is 40.3 Å². The molecule has 0 saturated carbocycles. The molecule has 0 atom stereocenters. The van der Waals surface area contributed by atoms with E-state index in [0.29, 0.717) is 46.7 Å². The van der Waals surface area contributed by atoms with Gasteiger partial charge in [-0.2, -0.15) is 0 Å². The first-order chi connectivity index (χ1) is 21.0. The summed E-state index contributed by atoms with van der Waals surface area (Å²) in [6.07, 6.45) is 5.44. The van der Waals surface area contributed by atoms with Crippen molar-refractivity contribution < 1.29 is 23.8 Å². The highest BCUT2D eigenvalue weighted by atomic mass is 16.5. The number of pyridine rings is 1. The van der Waals surface area contributed by atoms with Crippen molar-refractivity contribution in [3.05, 3.63) is 72.9 Å². The number of benzene rings is 3. The predicted octanol–water partition coefficient (Wildman–Crippen LogP) is 6.47. The number of piperidine rings is 1. The number of carbonyl (C=O) groups is 2. The van der Waals surface area contributed by atoms with Crippen LogP contribution in [0.1, 0.15) is 26.2 Å². The smallest absolute Gasteiger partial charge is 0.323 e. The van der Waals surface area contributed by atoms with Crippen molar-refractivity contribution in [1.29, 1.82) is 0 Å². The molecule has 5 rings (SSSR count). The molecule has 3 aromatic carbocycles. The summed E-state index contributed by atoms with van der Waals surface area (Å²) in [5, 5.41) is 9.92. The van der Waals surface area contributed by atoms with Gasteiger partial charge >= 0.3 is 6.03 Å². The maximum Gasteiger partial charge on any atom is 0.323 e. The number of anilines is 3. The number of carbonyl (C=O) groups excluding carboxylic acids is 2. The number of aldehydes is 1. The van der Waals surface area contributed by atoms with Crippen molar-refractivity contribution in [2.75, 3.05) is 49.9 Å². The molecular formula is C33H39N5O5. The predicted molar refractivity (Wildman–Crippen MR) is 171 cm³/mol. The van der Waals surface area contributed by atoms with E-state index in [1.165, 1.54) is 5.69 Å². The Labute approximate surface area is 252 Å². The third-order valence-corrected chi connectivity index (χ3v) is 7.09. The largest absolute Gasteiger partial charge is 0.493 e. The van der Waals surface area contributed by atoms with Gasteiger partial charge in [0.15, 0.2) is 11.5 Å². The van der Waals surface area contributed by atoms with Crippen LogP contribution in [0.2, 0.25) is 0 Å². The van der Waals surface area contributed by atoms with E-state index in [9.17, 15) is 9.59 Å². The van der Waals surface area contributed by atoms with Gasteiger partial charge in [-0.25, -0.2) is 4.79 Å². The Morgan fingerprint density at radius 3 is 2.26 bits per heavy atom. The van der Waals surface area contributed by atoms with E-state index in [0.717, 1.165) is 43.3 Å². The normalized spacial score (nSPS) is 13.0. The second-order valence-corrected chi connectivity index (χ2v) is 9.91. The van der Waals surface area contributed by atoms with Gasteiger partial charge in [-0.1, -0.05) is 13.0 Å². The molecule has 226 valence electrons. The fourth-order valence-corrected chi connectivity index (χ4v) is 4.78. The quantitative estimate of drug-likeness (QED) is 0.192. The van der Waals surface area contributed by atoms with Gasteiger partial charge in [-0.15, -0.1) is 0 Å². The van der Waals surface area contributed by atoms with Gasteiger partial charge in [0.05, 0.1) is 19.7 Å². The van der Waals surface area contributed by atoms with Crippen LogP contribution in [0.5, 0.6) is 23.0 Å². The zero-order valence-corrected chi connectivity index (χ0v) is 25.1. The Hall–Kier alpha value is -4.83. The number of amides is 2. The maximum absolute atomic E-state index is 12.7. The van der Waals surface area contributed by atoms with Crippen LogP contribution in [-0.4, -0.2) is 57.7 Å². The average Bonchev–Trinajstić information content (AvgIpc) is 3.05. The monoisotopic (exact) mass is 585 g/mol. The molecule has 10 heteroatoms. The number of nitrogens with zero attached hydrogens (tertiary/aromatic N) is 2. The first-order valence-electron chi connectivity index (χ1n) is 14.3. The Morgan fingerprint density at radius 2 is 1.60 bits per heavy atom. The van der Waals surface area contributed by atoms with Gasteiger partial charge in [0.2, 0.25) is 0 Å². The van der Waals surface area contributed by atoms with E-state index in [2.05, 4.69) is 25.8 Å². The Morgan fingerprint density at radius 1 is 0.930 bits per heavy atom. The molecule has 0 aliphatic carbocycles. The molecule has 2 heterocycles. The lowest BCUT2D eigenvalue weighted by molar-refractivity contribution is -0.107. The highest BCUT2D eigenvalue weighted by Crippen LogP contribution is 2.37. The van der Waals surface area contributed by atoms with Gasteiger partial charge in [-0.05, 0) is 68.4 Å². The fourth-order valence-electron chi connectivity index (χ4n) is 4.78. The summed E-state index contributed by atoms with van der Waals surface area (Å²) in [6.45, 7) is 3.86. The molecule has 3 N–H and O–H groups in total. The number of aromatic nitrogens is 1. The summed E-state index contributed by atoms with van der Waals surface area (Å²) in [5.74, 6) is 2.36. The minimum Gasteiger partial charge on any atom is -0.493 e. The molecule has 1 saturated heterocycles. The van der Waals surface area contributed by atoms with Gasteiger partial charge in [0.25, 0.3) is 0 Å².